The van der Waals surface area contributed by atoms with Crippen LogP contribution in [-0.2, 0) is 22.5 Å². The number of para-hydroxylation sites is 1. The Morgan fingerprint density at radius 3 is 2.89 bits per heavy atom. The Labute approximate surface area is 113 Å². The summed E-state index contributed by atoms with van der Waals surface area (Å²) < 4.78 is 7.02. The number of rotatable bonds is 5. The summed E-state index contributed by atoms with van der Waals surface area (Å²) in [5.41, 5.74) is 2.57. The molecule has 0 N–H and O–H groups in total. The van der Waals surface area contributed by atoms with Gasteiger partial charge in [-0.05, 0) is 30.4 Å². The van der Waals surface area contributed by atoms with E-state index in [0.29, 0.717) is 13.2 Å². The number of hydrogen-bond donors (Lipinski definition) is 0. The van der Waals surface area contributed by atoms with Crippen molar-refractivity contribution in [3.8, 4) is 0 Å². The number of aryl methyl sites for hydroxylation is 1. The molecule has 0 saturated heterocycles. The molecule has 0 radical (unpaired) electrons. The average Bonchev–Trinajstić information content (AvgIpc) is 2.82. The van der Waals surface area contributed by atoms with E-state index in [9.17, 15) is 4.79 Å². The summed E-state index contributed by atoms with van der Waals surface area (Å²) in [6.45, 7) is 5.05. The summed E-state index contributed by atoms with van der Waals surface area (Å²) in [6.07, 6.45) is 6.38. The van der Waals surface area contributed by atoms with Gasteiger partial charge in [0.1, 0.15) is 0 Å². The van der Waals surface area contributed by atoms with E-state index >= 15 is 0 Å². The largest absolute Gasteiger partial charge is 0.463 e. The first-order valence-electron chi connectivity index (χ1n) is 6.66. The molecule has 0 unspecified atom stereocenters. The first-order chi connectivity index (χ1) is 9.26. The smallest absolute Gasteiger partial charge is 0.330 e. The molecule has 0 bridgehead atoms. The first-order valence-corrected chi connectivity index (χ1v) is 6.66. The first kappa shape index (κ1) is 13.4. The van der Waals surface area contributed by atoms with Gasteiger partial charge in [-0.2, -0.15) is 0 Å². The Morgan fingerprint density at radius 2 is 2.16 bits per heavy atom. The fourth-order valence-corrected chi connectivity index (χ4v) is 2.23. The molecule has 1 aromatic heterocycles. The van der Waals surface area contributed by atoms with E-state index in [0.717, 1.165) is 6.42 Å². The van der Waals surface area contributed by atoms with Crippen molar-refractivity contribution >= 4 is 16.9 Å². The third-order valence-electron chi connectivity index (χ3n) is 3.10. The second kappa shape index (κ2) is 6.23. The van der Waals surface area contributed by atoms with E-state index in [1.165, 1.54) is 22.5 Å². The van der Waals surface area contributed by atoms with Gasteiger partial charge in [0, 0.05) is 18.8 Å². The lowest BCUT2D eigenvalue weighted by Crippen LogP contribution is -2.01. The van der Waals surface area contributed by atoms with Gasteiger partial charge in [0.25, 0.3) is 0 Å². The highest BCUT2D eigenvalue weighted by Gasteiger charge is 2.04. The summed E-state index contributed by atoms with van der Waals surface area (Å²) >= 11 is 0. The Balaban J connectivity index is 2.19. The summed E-state index contributed by atoms with van der Waals surface area (Å²) in [7, 11) is 0. The zero-order chi connectivity index (χ0) is 13.7. The molecule has 0 amide bonds. The van der Waals surface area contributed by atoms with Crippen molar-refractivity contribution in [3.63, 3.8) is 0 Å². The molecule has 0 atom stereocenters. The molecule has 3 nitrogen and oxygen atoms in total. The minimum Gasteiger partial charge on any atom is -0.463 e. The van der Waals surface area contributed by atoms with Crippen LogP contribution >= 0.6 is 0 Å². The van der Waals surface area contributed by atoms with Crippen LogP contribution in [-0.4, -0.2) is 17.1 Å². The molecule has 0 aliphatic carbocycles. The number of carbonyl (C=O) groups is 1. The third-order valence-corrected chi connectivity index (χ3v) is 3.10. The second-order valence-corrected chi connectivity index (χ2v) is 4.33. The number of hydrogen-bond acceptors (Lipinski definition) is 2. The average molecular weight is 257 g/mol. The quantitative estimate of drug-likeness (QED) is 0.607. The predicted molar refractivity (Wildman–Crippen MR) is 77.1 cm³/mol. The van der Waals surface area contributed by atoms with E-state index < -0.39 is 0 Å². The topological polar surface area (TPSA) is 31.2 Å². The minimum absolute atomic E-state index is 0.283. The lowest BCUT2D eigenvalue weighted by Gasteiger charge is -2.06. The monoisotopic (exact) mass is 257 g/mol. The lowest BCUT2D eigenvalue weighted by molar-refractivity contribution is -0.137. The van der Waals surface area contributed by atoms with Gasteiger partial charge in [-0.1, -0.05) is 31.2 Å². The molecule has 0 saturated carbocycles. The fourth-order valence-electron chi connectivity index (χ4n) is 2.23. The highest BCUT2D eigenvalue weighted by Crippen LogP contribution is 2.20. The third kappa shape index (κ3) is 3.05. The van der Waals surface area contributed by atoms with E-state index in [-0.39, 0.29) is 5.97 Å². The fraction of sp³-hybridized carbons (Fsp3) is 0.312. The van der Waals surface area contributed by atoms with Gasteiger partial charge < -0.3 is 9.30 Å². The van der Waals surface area contributed by atoms with Crippen LogP contribution in [0.3, 0.4) is 0 Å². The standard InChI is InChI=1S/C16H19NO2/c1-3-13-7-5-8-14-10-12-17(16(13)14)11-6-9-15(18)19-4-2/h5-10,12H,3-4,11H2,1-2H3/b9-6+. The Hall–Kier alpha value is -2.03. The Bertz CT molecular complexity index is 596. The van der Waals surface area contributed by atoms with Gasteiger partial charge in [-0.15, -0.1) is 0 Å². The normalized spacial score (nSPS) is 11.3. The van der Waals surface area contributed by atoms with Crippen LogP contribution in [0.2, 0.25) is 0 Å². The van der Waals surface area contributed by atoms with Crippen LogP contribution in [0.5, 0.6) is 0 Å². The molecular weight excluding hydrogens is 238 g/mol. The van der Waals surface area contributed by atoms with Crippen LogP contribution < -0.4 is 0 Å². The van der Waals surface area contributed by atoms with Crippen LogP contribution in [0.15, 0.2) is 42.6 Å². The Kier molecular flexibility index (Phi) is 4.39. The number of nitrogens with zero attached hydrogens (tertiary/aromatic N) is 1. The molecule has 1 aromatic carbocycles. The van der Waals surface area contributed by atoms with Crippen molar-refractivity contribution in [1.82, 2.24) is 4.57 Å². The van der Waals surface area contributed by atoms with Crippen molar-refractivity contribution in [3.05, 3.63) is 48.2 Å². The van der Waals surface area contributed by atoms with Crippen molar-refractivity contribution in [2.75, 3.05) is 6.61 Å². The summed E-state index contributed by atoms with van der Waals surface area (Å²) in [5, 5.41) is 1.24. The molecule has 19 heavy (non-hydrogen) atoms. The number of allylic oxidation sites excluding steroid dienone is 1. The molecule has 3 heteroatoms. The van der Waals surface area contributed by atoms with Crippen LogP contribution in [0.1, 0.15) is 19.4 Å². The molecule has 0 aliphatic rings. The predicted octanol–water partition coefficient (Wildman–Crippen LogP) is 3.32. The number of ether oxygens (including phenoxy) is 1. The highest BCUT2D eigenvalue weighted by atomic mass is 16.5. The Morgan fingerprint density at radius 1 is 1.32 bits per heavy atom. The number of aromatic nitrogens is 1. The summed E-state index contributed by atoms with van der Waals surface area (Å²) in [6, 6.07) is 8.45. The van der Waals surface area contributed by atoms with Crippen molar-refractivity contribution < 1.29 is 9.53 Å². The van der Waals surface area contributed by atoms with Gasteiger partial charge in [0.2, 0.25) is 0 Å². The SMILES string of the molecule is CCOC(=O)/C=C/Cn1ccc2cccc(CC)c21. The van der Waals surface area contributed by atoms with Crippen molar-refractivity contribution in [2.24, 2.45) is 0 Å². The minimum atomic E-state index is -0.283. The molecule has 0 spiro atoms. The zero-order valence-corrected chi connectivity index (χ0v) is 11.4. The van der Waals surface area contributed by atoms with E-state index in [2.05, 4.69) is 42.0 Å². The number of esters is 1. The van der Waals surface area contributed by atoms with Gasteiger partial charge >= 0.3 is 5.97 Å². The van der Waals surface area contributed by atoms with Gasteiger partial charge in [-0.25, -0.2) is 4.79 Å². The molecular formula is C16H19NO2. The highest BCUT2D eigenvalue weighted by molar-refractivity contribution is 5.84. The molecule has 2 aromatic rings. The van der Waals surface area contributed by atoms with Gasteiger partial charge in [-0.3, -0.25) is 0 Å². The molecule has 0 fully saturated rings. The maximum absolute atomic E-state index is 11.2. The van der Waals surface area contributed by atoms with E-state index in [1.54, 1.807) is 6.92 Å². The van der Waals surface area contributed by atoms with Crippen LogP contribution in [0.25, 0.3) is 10.9 Å². The lowest BCUT2D eigenvalue weighted by atomic mass is 10.1. The molecule has 2 rings (SSSR count). The zero-order valence-electron chi connectivity index (χ0n) is 11.4. The van der Waals surface area contributed by atoms with Crippen molar-refractivity contribution in [2.45, 2.75) is 26.8 Å². The number of carbonyl (C=O) groups excluding carboxylic acids is 1. The number of benzene rings is 1. The van der Waals surface area contributed by atoms with Gasteiger partial charge in [0.05, 0.1) is 12.1 Å². The molecule has 100 valence electrons. The number of fused-ring (bicyclic) bond motifs is 1. The van der Waals surface area contributed by atoms with Crippen LogP contribution in [0.4, 0.5) is 0 Å². The van der Waals surface area contributed by atoms with Crippen LogP contribution in [0, 0.1) is 0 Å². The van der Waals surface area contributed by atoms with E-state index in [1.807, 2.05) is 6.08 Å². The van der Waals surface area contributed by atoms with E-state index in [4.69, 9.17) is 4.74 Å². The summed E-state index contributed by atoms with van der Waals surface area (Å²) in [5.74, 6) is -0.283. The maximum atomic E-state index is 11.2. The molecule has 1 heterocycles. The van der Waals surface area contributed by atoms with Crippen molar-refractivity contribution in [1.29, 1.82) is 0 Å². The maximum Gasteiger partial charge on any atom is 0.330 e. The molecule has 0 aliphatic heterocycles. The van der Waals surface area contributed by atoms with Gasteiger partial charge in [0.15, 0.2) is 0 Å². The second-order valence-electron chi connectivity index (χ2n) is 4.33. The summed E-state index contributed by atoms with van der Waals surface area (Å²) in [4.78, 5) is 11.2.